The average Bonchev–Trinajstić information content (AvgIpc) is 2.65. The van der Waals surface area contributed by atoms with Crippen LogP contribution in [-0.4, -0.2) is 34.6 Å². The largest absolute Gasteiger partial charge is 0.389 e. The number of carbonyl (C=O) groups is 1. The standard InChI is InChI=1S/C23H28NO2/c1-18-8-6-7-11-21(18)17-23(26)12-14-24(15-13-23)22(25)16-19(2)20-9-4-3-5-10-20/h3-5,7-11,19,26H,12-17H2,1-2H3/t19-/m1/s1. The Hall–Kier alpha value is -2.13. The number of aryl methyl sites for hydroxylation is 1. The molecule has 0 bridgehead atoms. The van der Waals surface area contributed by atoms with Crippen molar-refractivity contribution < 1.29 is 9.90 Å². The molecule has 3 heteroatoms. The number of rotatable bonds is 5. The number of aliphatic hydroxyl groups is 1. The van der Waals surface area contributed by atoms with Gasteiger partial charge in [-0.1, -0.05) is 55.5 Å². The number of hydrogen-bond acceptors (Lipinski definition) is 2. The number of hydrogen-bond donors (Lipinski definition) is 1. The van der Waals surface area contributed by atoms with E-state index >= 15 is 0 Å². The molecule has 3 nitrogen and oxygen atoms in total. The minimum absolute atomic E-state index is 0.189. The van der Waals surface area contributed by atoms with Gasteiger partial charge in [-0.05, 0) is 48.4 Å². The summed E-state index contributed by atoms with van der Waals surface area (Å²) < 4.78 is 0. The monoisotopic (exact) mass is 350 g/mol. The molecule has 0 aromatic heterocycles. The number of carbonyl (C=O) groups excluding carboxylic acids is 1. The van der Waals surface area contributed by atoms with E-state index < -0.39 is 5.60 Å². The highest BCUT2D eigenvalue weighted by atomic mass is 16.3. The number of likely N-dealkylation sites (tertiary alicyclic amines) is 1. The maximum absolute atomic E-state index is 12.6. The van der Waals surface area contributed by atoms with E-state index in [9.17, 15) is 9.90 Å². The van der Waals surface area contributed by atoms with Crippen LogP contribution in [0.1, 0.15) is 48.8 Å². The lowest BCUT2D eigenvalue weighted by molar-refractivity contribution is -0.135. The Morgan fingerprint density at radius 2 is 1.92 bits per heavy atom. The van der Waals surface area contributed by atoms with Crippen LogP contribution in [0, 0.1) is 13.0 Å². The number of nitrogens with zero attached hydrogens (tertiary/aromatic N) is 1. The predicted molar refractivity (Wildman–Crippen MR) is 104 cm³/mol. The van der Waals surface area contributed by atoms with Gasteiger partial charge in [0.15, 0.2) is 0 Å². The second kappa shape index (κ2) is 8.05. The van der Waals surface area contributed by atoms with Crippen LogP contribution in [0.2, 0.25) is 0 Å². The van der Waals surface area contributed by atoms with Crippen molar-refractivity contribution in [2.75, 3.05) is 13.1 Å². The molecule has 0 saturated carbocycles. The van der Waals surface area contributed by atoms with E-state index in [-0.39, 0.29) is 11.8 Å². The molecule has 3 rings (SSSR count). The molecule has 2 aromatic carbocycles. The van der Waals surface area contributed by atoms with Crippen LogP contribution in [0.3, 0.4) is 0 Å². The van der Waals surface area contributed by atoms with Crippen molar-refractivity contribution in [1.29, 1.82) is 0 Å². The molecule has 1 heterocycles. The molecule has 1 atom stereocenters. The van der Waals surface area contributed by atoms with E-state index in [0.29, 0.717) is 38.8 Å². The smallest absolute Gasteiger partial charge is 0.223 e. The molecule has 1 saturated heterocycles. The SMILES string of the molecule is Cc1c[c]ccc1CC1(O)CCN(C(=O)C[C@@H](C)c2ccccc2)CC1. The van der Waals surface area contributed by atoms with E-state index in [1.807, 2.05) is 41.3 Å². The van der Waals surface area contributed by atoms with Gasteiger partial charge in [-0.3, -0.25) is 4.79 Å². The number of piperidine rings is 1. The zero-order valence-corrected chi connectivity index (χ0v) is 15.7. The van der Waals surface area contributed by atoms with Crippen molar-refractivity contribution in [2.24, 2.45) is 0 Å². The fraction of sp³-hybridized carbons (Fsp3) is 0.435. The molecule has 1 radical (unpaired) electrons. The van der Waals surface area contributed by atoms with Crippen LogP contribution in [-0.2, 0) is 11.2 Å². The Morgan fingerprint density at radius 3 is 2.58 bits per heavy atom. The van der Waals surface area contributed by atoms with Gasteiger partial charge in [-0.25, -0.2) is 0 Å². The Morgan fingerprint density at radius 1 is 1.23 bits per heavy atom. The Kier molecular flexibility index (Phi) is 5.77. The van der Waals surface area contributed by atoms with Gasteiger partial charge < -0.3 is 10.0 Å². The van der Waals surface area contributed by atoms with Crippen LogP contribution >= 0.6 is 0 Å². The summed E-state index contributed by atoms with van der Waals surface area (Å²) in [6.07, 6.45) is 2.44. The molecule has 26 heavy (non-hydrogen) atoms. The maximum atomic E-state index is 12.6. The van der Waals surface area contributed by atoms with Crippen LogP contribution in [0.25, 0.3) is 0 Å². The topological polar surface area (TPSA) is 40.5 Å². The third-order valence-corrected chi connectivity index (χ3v) is 5.60. The lowest BCUT2D eigenvalue weighted by Crippen LogP contribution is -2.48. The first-order valence-corrected chi connectivity index (χ1v) is 9.47. The molecule has 2 aromatic rings. The minimum atomic E-state index is -0.714. The van der Waals surface area contributed by atoms with Gasteiger partial charge in [-0.2, -0.15) is 0 Å². The normalized spacial score (nSPS) is 17.7. The minimum Gasteiger partial charge on any atom is -0.389 e. The van der Waals surface area contributed by atoms with E-state index in [2.05, 4.69) is 32.0 Å². The third-order valence-electron chi connectivity index (χ3n) is 5.60. The van der Waals surface area contributed by atoms with Crippen molar-refractivity contribution in [1.82, 2.24) is 4.90 Å². The first kappa shape index (κ1) is 18.7. The molecule has 1 aliphatic rings. The third kappa shape index (κ3) is 4.53. The van der Waals surface area contributed by atoms with Gasteiger partial charge in [-0.15, -0.1) is 0 Å². The molecular weight excluding hydrogens is 322 g/mol. The van der Waals surface area contributed by atoms with E-state index in [0.717, 1.165) is 5.56 Å². The highest BCUT2D eigenvalue weighted by Gasteiger charge is 2.34. The summed E-state index contributed by atoms with van der Waals surface area (Å²) in [5.74, 6) is 0.404. The summed E-state index contributed by atoms with van der Waals surface area (Å²) >= 11 is 0. The molecular formula is C23H28NO2. The van der Waals surface area contributed by atoms with Crippen LogP contribution in [0.15, 0.2) is 48.5 Å². The molecule has 1 fully saturated rings. The van der Waals surface area contributed by atoms with Crippen LogP contribution < -0.4 is 0 Å². The molecule has 1 aliphatic heterocycles. The summed E-state index contributed by atoms with van der Waals surface area (Å²) in [5.41, 5.74) is 2.82. The van der Waals surface area contributed by atoms with Gasteiger partial charge in [0.2, 0.25) is 5.91 Å². The van der Waals surface area contributed by atoms with Crippen molar-refractivity contribution in [3.8, 4) is 0 Å². The summed E-state index contributed by atoms with van der Waals surface area (Å²) in [6, 6.07) is 19.1. The lowest BCUT2D eigenvalue weighted by atomic mass is 9.84. The predicted octanol–water partition coefficient (Wildman–Crippen LogP) is 3.89. The van der Waals surface area contributed by atoms with Gasteiger partial charge in [0.05, 0.1) is 5.60 Å². The van der Waals surface area contributed by atoms with Crippen molar-refractivity contribution in [3.05, 3.63) is 71.3 Å². The van der Waals surface area contributed by atoms with Gasteiger partial charge >= 0.3 is 0 Å². The van der Waals surface area contributed by atoms with Gasteiger partial charge in [0, 0.05) is 25.9 Å². The second-order valence-corrected chi connectivity index (χ2v) is 7.65. The summed E-state index contributed by atoms with van der Waals surface area (Å²) in [6.45, 7) is 5.42. The fourth-order valence-corrected chi connectivity index (χ4v) is 3.74. The second-order valence-electron chi connectivity index (χ2n) is 7.65. The van der Waals surface area contributed by atoms with Crippen LogP contribution in [0.5, 0.6) is 0 Å². The average molecular weight is 350 g/mol. The van der Waals surface area contributed by atoms with E-state index in [1.54, 1.807) is 0 Å². The molecule has 0 aliphatic carbocycles. The highest BCUT2D eigenvalue weighted by molar-refractivity contribution is 5.77. The quantitative estimate of drug-likeness (QED) is 0.889. The fourth-order valence-electron chi connectivity index (χ4n) is 3.74. The summed E-state index contributed by atoms with van der Waals surface area (Å²) in [4.78, 5) is 14.6. The van der Waals surface area contributed by atoms with E-state index in [1.165, 1.54) is 11.1 Å². The lowest BCUT2D eigenvalue weighted by Gasteiger charge is -2.39. The van der Waals surface area contributed by atoms with E-state index in [4.69, 9.17) is 0 Å². The highest BCUT2D eigenvalue weighted by Crippen LogP contribution is 2.29. The number of benzene rings is 2. The van der Waals surface area contributed by atoms with Crippen molar-refractivity contribution in [2.45, 2.75) is 51.0 Å². The first-order valence-electron chi connectivity index (χ1n) is 9.47. The molecule has 0 spiro atoms. The Balaban J connectivity index is 1.54. The van der Waals surface area contributed by atoms with Gasteiger partial charge in [0.25, 0.3) is 0 Å². The van der Waals surface area contributed by atoms with Crippen molar-refractivity contribution >= 4 is 5.91 Å². The maximum Gasteiger partial charge on any atom is 0.223 e. The van der Waals surface area contributed by atoms with Crippen molar-refractivity contribution in [3.63, 3.8) is 0 Å². The summed E-state index contributed by atoms with van der Waals surface area (Å²) in [5, 5.41) is 11.0. The Labute approximate surface area is 156 Å². The first-order chi connectivity index (χ1) is 12.5. The molecule has 0 unspecified atom stereocenters. The molecule has 1 amide bonds. The molecule has 137 valence electrons. The zero-order chi connectivity index (χ0) is 18.6. The van der Waals surface area contributed by atoms with Gasteiger partial charge in [0.1, 0.15) is 0 Å². The zero-order valence-electron chi connectivity index (χ0n) is 15.7. The van der Waals surface area contributed by atoms with Crippen LogP contribution in [0.4, 0.5) is 0 Å². The number of amides is 1. The summed E-state index contributed by atoms with van der Waals surface area (Å²) in [7, 11) is 0. The molecule has 1 N–H and O–H groups in total. The Bertz CT molecular complexity index is 733.